The van der Waals surface area contributed by atoms with Gasteiger partial charge in [0, 0.05) is 18.6 Å². The Bertz CT molecular complexity index is 924. The average Bonchev–Trinajstić information content (AvgIpc) is 2.57. The summed E-state index contributed by atoms with van der Waals surface area (Å²) in [7, 11) is 1.42. The summed E-state index contributed by atoms with van der Waals surface area (Å²) < 4.78 is 15.8. The first kappa shape index (κ1) is 16.0. The van der Waals surface area contributed by atoms with Crippen LogP contribution in [0.2, 0.25) is 0 Å². The zero-order chi connectivity index (χ0) is 17.1. The van der Waals surface area contributed by atoms with Crippen LogP contribution in [0.1, 0.15) is 17.2 Å². The Hall–Kier alpha value is -2.92. The second-order valence-electron chi connectivity index (χ2n) is 5.40. The van der Waals surface area contributed by atoms with E-state index in [1.165, 1.54) is 13.2 Å². The van der Waals surface area contributed by atoms with E-state index >= 15 is 0 Å². The number of carbonyl (C=O) groups excluding carboxylic acids is 1. The van der Waals surface area contributed by atoms with Gasteiger partial charge in [-0.1, -0.05) is 29.8 Å². The summed E-state index contributed by atoms with van der Waals surface area (Å²) in [5, 5.41) is 0.764. The third kappa shape index (κ3) is 3.36. The normalized spacial score (nSPS) is 12.1. The first-order valence-electron chi connectivity index (χ1n) is 7.42. The second kappa shape index (κ2) is 6.68. The van der Waals surface area contributed by atoms with Crippen molar-refractivity contribution >= 4 is 16.9 Å². The standard InChI is InChI=1S/C19H16O5/c1-12-3-8-15(9-4-12)23-19(21)18(22-2)14-6-5-13-7-10-17(20)24-16(13)11-14/h3-11,18H,1-2H3. The Morgan fingerprint density at radius 2 is 1.75 bits per heavy atom. The summed E-state index contributed by atoms with van der Waals surface area (Å²) >= 11 is 0. The lowest BCUT2D eigenvalue weighted by Gasteiger charge is -2.15. The Morgan fingerprint density at radius 1 is 1.04 bits per heavy atom. The maximum Gasteiger partial charge on any atom is 0.345 e. The minimum absolute atomic E-state index is 0.394. The van der Waals surface area contributed by atoms with Crippen molar-refractivity contribution in [3.63, 3.8) is 0 Å². The Morgan fingerprint density at radius 3 is 2.46 bits per heavy atom. The van der Waals surface area contributed by atoms with Gasteiger partial charge in [-0.05, 0) is 36.8 Å². The molecule has 1 aromatic heterocycles. The van der Waals surface area contributed by atoms with Gasteiger partial charge in [0.05, 0.1) is 0 Å². The highest BCUT2D eigenvalue weighted by atomic mass is 16.6. The third-order valence-corrected chi connectivity index (χ3v) is 3.64. The Labute approximate surface area is 138 Å². The zero-order valence-electron chi connectivity index (χ0n) is 13.3. The minimum atomic E-state index is -0.916. The van der Waals surface area contributed by atoms with Crippen molar-refractivity contribution < 1.29 is 18.7 Å². The topological polar surface area (TPSA) is 65.7 Å². The maximum atomic E-state index is 12.4. The van der Waals surface area contributed by atoms with E-state index in [9.17, 15) is 9.59 Å². The van der Waals surface area contributed by atoms with E-state index in [2.05, 4.69) is 0 Å². The van der Waals surface area contributed by atoms with Gasteiger partial charge in [-0.25, -0.2) is 9.59 Å². The smallest absolute Gasteiger partial charge is 0.345 e. The molecule has 0 aliphatic carbocycles. The molecule has 0 amide bonds. The van der Waals surface area contributed by atoms with Gasteiger partial charge in [0.25, 0.3) is 0 Å². The number of fused-ring (bicyclic) bond motifs is 1. The first-order valence-corrected chi connectivity index (χ1v) is 7.42. The number of carbonyl (C=O) groups is 1. The second-order valence-corrected chi connectivity index (χ2v) is 5.40. The van der Waals surface area contributed by atoms with Gasteiger partial charge in [-0.15, -0.1) is 0 Å². The van der Waals surface area contributed by atoms with Gasteiger partial charge < -0.3 is 13.9 Å². The van der Waals surface area contributed by atoms with Crippen molar-refractivity contribution in [1.29, 1.82) is 0 Å². The van der Waals surface area contributed by atoms with Gasteiger partial charge >= 0.3 is 11.6 Å². The highest BCUT2D eigenvalue weighted by Crippen LogP contribution is 2.24. The fourth-order valence-corrected chi connectivity index (χ4v) is 2.38. The molecule has 5 heteroatoms. The van der Waals surface area contributed by atoms with Crippen molar-refractivity contribution in [3.8, 4) is 5.75 Å². The highest BCUT2D eigenvalue weighted by molar-refractivity contribution is 5.82. The van der Waals surface area contributed by atoms with E-state index in [0.717, 1.165) is 10.9 Å². The summed E-state index contributed by atoms with van der Waals surface area (Å²) in [5.41, 5.74) is 1.57. The van der Waals surface area contributed by atoms with Crippen molar-refractivity contribution in [3.05, 3.63) is 76.1 Å². The summed E-state index contributed by atoms with van der Waals surface area (Å²) in [5.74, 6) is -0.0982. The molecule has 0 saturated heterocycles. The molecular formula is C19H16O5. The van der Waals surface area contributed by atoms with Crippen LogP contribution in [0.4, 0.5) is 0 Å². The van der Waals surface area contributed by atoms with Crippen molar-refractivity contribution in [1.82, 2.24) is 0 Å². The number of hydrogen-bond donors (Lipinski definition) is 0. The summed E-state index contributed by atoms with van der Waals surface area (Å²) in [4.78, 5) is 23.7. The molecule has 0 aliphatic heterocycles. The summed E-state index contributed by atoms with van der Waals surface area (Å²) in [6, 6.07) is 15.3. The van der Waals surface area contributed by atoms with Crippen LogP contribution in [0, 0.1) is 6.92 Å². The van der Waals surface area contributed by atoms with Gasteiger partial charge in [0.1, 0.15) is 11.3 Å². The maximum absolute atomic E-state index is 12.4. The molecule has 0 bridgehead atoms. The molecule has 1 unspecified atom stereocenters. The van der Waals surface area contributed by atoms with Crippen LogP contribution in [0.3, 0.4) is 0 Å². The Balaban J connectivity index is 1.88. The fourth-order valence-electron chi connectivity index (χ4n) is 2.38. The molecule has 0 saturated carbocycles. The quantitative estimate of drug-likeness (QED) is 0.418. The number of rotatable bonds is 4. The number of esters is 1. The fraction of sp³-hybridized carbons (Fsp3) is 0.158. The lowest BCUT2D eigenvalue weighted by atomic mass is 10.1. The highest BCUT2D eigenvalue weighted by Gasteiger charge is 2.23. The molecule has 0 fully saturated rings. The number of aryl methyl sites for hydroxylation is 1. The number of methoxy groups -OCH3 is 1. The van der Waals surface area contributed by atoms with Crippen molar-refractivity contribution in [2.24, 2.45) is 0 Å². The molecule has 122 valence electrons. The van der Waals surface area contributed by atoms with Crippen LogP contribution in [0.5, 0.6) is 5.75 Å². The van der Waals surface area contributed by atoms with Crippen LogP contribution in [0.15, 0.2) is 63.8 Å². The van der Waals surface area contributed by atoms with E-state index in [-0.39, 0.29) is 0 Å². The molecule has 0 spiro atoms. The molecule has 1 heterocycles. The molecule has 5 nitrogen and oxygen atoms in total. The average molecular weight is 324 g/mol. The lowest BCUT2D eigenvalue weighted by Crippen LogP contribution is -2.20. The van der Waals surface area contributed by atoms with E-state index in [4.69, 9.17) is 13.9 Å². The number of ether oxygens (including phenoxy) is 2. The largest absolute Gasteiger partial charge is 0.424 e. The third-order valence-electron chi connectivity index (χ3n) is 3.64. The molecule has 2 aromatic carbocycles. The molecular weight excluding hydrogens is 308 g/mol. The van der Waals surface area contributed by atoms with Crippen LogP contribution in [-0.4, -0.2) is 13.1 Å². The summed E-state index contributed by atoms with van der Waals surface area (Å²) in [6.45, 7) is 1.95. The molecule has 0 N–H and O–H groups in total. The summed E-state index contributed by atoms with van der Waals surface area (Å²) in [6.07, 6.45) is -0.916. The van der Waals surface area contributed by atoms with Gasteiger partial charge in [-0.2, -0.15) is 0 Å². The first-order chi connectivity index (χ1) is 11.6. The van der Waals surface area contributed by atoms with Gasteiger partial charge in [0.2, 0.25) is 0 Å². The van der Waals surface area contributed by atoms with Crippen LogP contribution in [-0.2, 0) is 9.53 Å². The molecule has 0 radical (unpaired) electrons. The van der Waals surface area contributed by atoms with E-state index in [0.29, 0.717) is 16.9 Å². The minimum Gasteiger partial charge on any atom is -0.424 e. The molecule has 3 rings (SSSR count). The van der Waals surface area contributed by atoms with E-state index in [1.807, 2.05) is 19.1 Å². The molecule has 1 atom stereocenters. The van der Waals surface area contributed by atoms with E-state index in [1.54, 1.807) is 36.4 Å². The lowest BCUT2D eigenvalue weighted by molar-refractivity contribution is -0.146. The van der Waals surface area contributed by atoms with Crippen molar-refractivity contribution in [2.75, 3.05) is 7.11 Å². The van der Waals surface area contributed by atoms with Gasteiger partial charge in [-0.3, -0.25) is 0 Å². The van der Waals surface area contributed by atoms with Crippen LogP contribution in [0.25, 0.3) is 11.0 Å². The van der Waals surface area contributed by atoms with Crippen LogP contribution >= 0.6 is 0 Å². The number of benzene rings is 2. The predicted octanol–water partition coefficient (Wildman–Crippen LogP) is 3.39. The Kier molecular flexibility index (Phi) is 4.44. The van der Waals surface area contributed by atoms with Crippen LogP contribution < -0.4 is 10.4 Å². The molecule has 3 aromatic rings. The molecule has 0 aliphatic rings. The molecule has 24 heavy (non-hydrogen) atoms. The van der Waals surface area contributed by atoms with Gasteiger partial charge in [0.15, 0.2) is 6.10 Å². The SMILES string of the molecule is COC(C(=O)Oc1ccc(C)cc1)c1ccc2ccc(=O)oc2c1. The predicted molar refractivity (Wildman–Crippen MR) is 89.0 cm³/mol. The monoisotopic (exact) mass is 324 g/mol. The van der Waals surface area contributed by atoms with Crippen molar-refractivity contribution in [2.45, 2.75) is 13.0 Å². The number of hydrogen-bond acceptors (Lipinski definition) is 5. The zero-order valence-corrected chi connectivity index (χ0v) is 13.3. The van der Waals surface area contributed by atoms with E-state index < -0.39 is 17.7 Å².